The van der Waals surface area contributed by atoms with Crippen LogP contribution >= 0.6 is 11.8 Å². The van der Waals surface area contributed by atoms with Gasteiger partial charge in [-0.05, 0) is 47.5 Å². The van der Waals surface area contributed by atoms with Crippen molar-refractivity contribution in [1.82, 2.24) is 19.6 Å². The monoisotopic (exact) mass is 802 g/mol. The highest BCUT2D eigenvalue weighted by Gasteiger charge is 2.39. The summed E-state index contributed by atoms with van der Waals surface area (Å²) in [6, 6.07) is 2.35. The number of benzene rings is 2. The summed E-state index contributed by atoms with van der Waals surface area (Å²) in [4.78, 5) is 75.7. The van der Waals surface area contributed by atoms with Crippen molar-refractivity contribution in [3.63, 3.8) is 0 Å². The molecule has 4 amide bonds. The number of ether oxygens (including phenoxy) is 2. The summed E-state index contributed by atoms with van der Waals surface area (Å²) in [5.74, 6) is -4.63. The van der Waals surface area contributed by atoms with Gasteiger partial charge in [-0.2, -0.15) is 26.3 Å². The number of methoxy groups -OCH3 is 2. The zero-order valence-corrected chi connectivity index (χ0v) is 29.6. The smallest absolute Gasteiger partial charge is 0.417 e. The van der Waals surface area contributed by atoms with Crippen molar-refractivity contribution in [2.24, 2.45) is 0 Å². The maximum Gasteiger partial charge on any atom is 0.417 e. The Morgan fingerprint density at radius 1 is 0.655 bits per heavy atom. The molecule has 0 radical (unpaired) electrons. The van der Waals surface area contributed by atoms with E-state index >= 15 is 0 Å². The van der Waals surface area contributed by atoms with Gasteiger partial charge in [0.2, 0.25) is 11.8 Å². The number of halogens is 6. The third-order valence-corrected chi connectivity index (χ3v) is 9.59. The highest BCUT2D eigenvalue weighted by molar-refractivity contribution is 7.99. The van der Waals surface area contributed by atoms with E-state index in [9.17, 15) is 65.3 Å². The molecule has 2 N–H and O–H groups in total. The Labute approximate surface area is 312 Å². The molecular formula is C34H32F6N4O10S. The average molecular weight is 803 g/mol. The first kappa shape index (κ1) is 42.0. The van der Waals surface area contributed by atoms with Crippen molar-refractivity contribution in [3.05, 3.63) is 70.8 Å². The summed E-state index contributed by atoms with van der Waals surface area (Å²) in [6.07, 6.45) is -8.09. The third kappa shape index (κ3) is 10.3. The molecule has 4 rings (SSSR count). The summed E-state index contributed by atoms with van der Waals surface area (Å²) in [6.45, 7) is -1.37. The molecule has 2 heterocycles. The molecule has 2 aromatic rings. The highest BCUT2D eigenvalue weighted by atomic mass is 32.2. The molecule has 2 aliphatic rings. The first-order valence-electron chi connectivity index (χ1n) is 15.9. The van der Waals surface area contributed by atoms with Crippen LogP contribution in [0.3, 0.4) is 0 Å². The number of alkyl halides is 6. The second kappa shape index (κ2) is 17.2. The molecule has 0 aromatic heterocycles. The molecule has 2 fully saturated rings. The minimum Gasteiger partial charge on any atom is -0.480 e. The number of hydrogen-bond donors (Lipinski definition) is 2. The van der Waals surface area contributed by atoms with E-state index in [0.717, 1.165) is 82.4 Å². The van der Waals surface area contributed by atoms with E-state index in [1.54, 1.807) is 0 Å². The van der Waals surface area contributed by atoms with Crippen LogP contribution in [0, 0.1) is 0 Å². The van der Waals surface area contributed by atoms with E-state index < -0.39 is 94.4 Å². The van der Waals surface area contributed by atoms with E-state index in [1.807, 2.05) is 0 Å². The van der Waals surface area contributed by atoms with E-state index in [-0.39, 0.29) is 49.1 Å². The largest absolute Gasteiger partial charge is 0.480 e. The van der Waals surface area contributed by atoms with Crippen LogP contribution in [0.4, 0.5) is 35.9 Å². The van der Waals surface area contributed by atoms with Crippen molar-refractivity contribution in [3.8, 4) is 0 Å². The quantitative estimate of drug-likeness (QED) is 0.282. The maximum atomic E-state index is 14.2. The van der Waals surface area contributed by atoms with Gasteiger partial charge in [-0.1, -0.05) is 23.9 Å². The number of carboxylic acids is 2. The number of carbonyl (C=O) groups excluding carboxylic acids is 4. The van der Waals surface area contributed by atoms with Gasteiger partial charge < -0.3 is 39.3 Å². The molecule has 2 aliphatic heterocycles. The van der Waals surface area contributed by atoms with Crippen LogP contribution in [0.5, 0.6) is 0 Å². The van der Waals surface area contributed by atoms with E-state index in [2.05, 4.69) is 9.47 Å². The third-order valence-electron chi connectivity index (χ3n) is 8.44. The molecule has 0 saturated carbocycles. The molecule has 55 heavy (non-hydrogen) atoms. The zero-order chi connectivity index (χ0) is 40.8. The fraction of sp³-hybridized carbons (Fsp3) is 0.353. The van der Waals surface area contributed by atoms with Gasteiger partial charge in [-0.25, -0.2) is 19.2 Å². The van der Waals surface area contributed by atoms with Crippen molar-refractivity contribution < 1.29 is 74.8 Å². The summed E-state index contributed by atoms with van der Waals surface area (Å²) < 4.78 is 94.5. The van der Waals surface area contributed by atoms with Crippen molar-refractivity contribution in [1.29, 1.82) is 0 Å². The minimum atomic E-state index is -5.06. The normalized spacial score (nSPS) is 18.1. The number of rotatable bonds is 8. The minimum absolute atomic E-state index is 0.0694. The number of hydrogen-bond acceptors (Lipinski definition) is 9. The second-order valence-electron chi connectivity index (χ2n) is 11.9. The summed E-state index contributed by atoms with van der Waals surface area (Å²) in [5, 5.41) is 19.2. The molecular weight excluding hydrogens is 770 g/mol. The molecule has 14 nitrogen and oxygen atoms in total. The molecule has 0 spiro atoms. The van der Waals surface area contributed by atoms with Crippen LogP contribution < -0.4 is 0 Å². The Hall–Kier alpha value is -5.73. The molecule has 296 valence electrons. The van der Waals surface area contributed by atoms with Gasteiger partial charge >= 0.3 is 36.5 Å². The molecule has 0 aliphatic carbocycles. The van der Waals surface area contributed by atoms with Gasteiger partial charge in [0.15, 0.2) is 0 Å². The SMILES string of the molecule is COC(=O)N1CCN(C(=O)/C=C/c2ccc(Sc3ccc(/C=C/C(=O)N4CCN(C(=O)OC)CC4C(=O)O)cc3C(F)(F)F)c(C(F)(F)F)c2)C(C(=O)O)C1. The van der Waals surface area contributed by atoms with Crippen molar-refractivity contribution >= 4 is 59.9 Å². The van der Waals surface area contributed by atoms with Crippen LogP contribution in [0.25, 0.3) is 12.2 Å². The van der Waals surface area contributed by atoms with Gasteiger partial charge in [-0.3, -0.25) is 9.59 Å². The van der Waals surface area contributed by atoms with Crippen molar-refractivity contribution in [2.45, 2.75) is 34.2 Å². The van der Waals surface area contributed by atoms with Crippen LogP contribution in [0.1, 0.15) is 22.3 Å². The molecule has 0 bridgehead atoms. The first-order valence-corrected chi connectivity index (χ1v) is 16.8. The number of amides is 4. The number of carbonyl (C=O) groups is 6. The highest BCUT2D eigenvalue weighted by Crippen LogP contribution is 2.44. The Morgan fingerprint density at radius 2 is 1.02 bits per heavy atom. The lowest BCUT2D eigenvalue weighted by Gasteiger charge is -2.38. The Bertz CT molecular complexity index is 1770. The number of carboxylic acid groups (broad SMARTS) is 2. The standard InChI is InChI=1S/C34H32F6N4O10S/c1-53-31(51)41-11-13-43(23(17-41)29(47)48)27(45)9-5-19-3-7-25(21(15-19)33(35,36)37)55-26-8-4-20(16-22(26)34(38,39)40)6-10-28(46)44-14-12-42(32(52)54-2)18-24(44)30(49)50/h3-10,15-16,23-24H,11-14,17-18H2,1-2H3,(H,47,48)(H,49,50)/b9-5+,10-6+. The van der Waals surface area contributed by atoms with Crippen LogP contribution in [-0.4, -0.2) is 131 Å². The van der Waals surface area contributed by atoms with Gasteiger partial charge in [0.05, 0.1) is 38.4 Å². The van der Waals surface area contributed by atoms with E-state index in [0.29, 0.717) is 12.1 Å². The fourth-order valence-corrected chi connectivity index (χ4v) is 6.75. The van der Waals surface area contributed by atoms with Crippen LogP contribution in [0.15, 0.2) is 58.3 Å². The lowest BCUT2D eigenvalue weighted by molar-refractivity contribution is -0.151. The topological polar surface area (TPSA) is 174 Å². The van der Waals surface area contributed by atoms with Crippen LogP contribution in [-0.2, 0) is 41.0 Å². The maximum absolute atomic E-state index is 14.2. The Kier molecular flexibility index (Phi) is 13.1. The number of nitrogens with zero attached hydrogens (tertiary/aromatic N) is 4. The molecule has 21 heteroatoms. The molecule has 2 aromatic carbocycles. The average Bonchev–Trinajstić information content (AvgIpc) is 3.14. The van der Waals surface area contributed by atoms with Gasteiger partial charge in [0, 0.05) is 48.1 Å². The lowest BCUT2D eigenvalue weighted by Crippen LogP contribution is -2.59. The predicted octanol–water partition coefficient (Wildman–Crippen LogP) is 4.63. The van der Waals surface area contributed by atoms with Crippen molar-refractivity contribution in [2.75, 3.05) is 53.5 Å². The fourth-order valence-electron chi connectivity index (χ4n) is 5.67. The van der Waals surface area contributed by atoms with Gasteiger partial charge in [-0.15, -0.1) is 0 Å². The summed E-state index contributed by atoms with van der Waals surface area (Å²) >= 11 is 0.168. The lowest BCUT2D eigenvalue weighted by atomic mass is 10.1. The molecule has 2 unspecified atom stereocenters. The molecule has 2 atom stereocenters. The van der Waals surface area contributed by atoms with E-state index in [4.69, 9.17) is 0 Å². The molecule has 2 saturated heterocycles. The number of aliphatic carboxylic acids is 2. The Morgan fingerprint density at radius 3 is 1.33 bits per heavy atom. The second-order valence-corrected chi connectivity index (χ2v) is 13.0. The van der Waals surface area contributed by atoms with Gasteiger partial charge in [0.25, 0.3) is 0 Å². The van der Waals surface area contributed by atoms with E-state index in [1.165, 1.54) is 0 Å². The van der Waals surface area contributed by atoms with Crippen LogP contribution in [0.2, 0.25) is 0 Å². The number of piperazine rings is 2. The summed E-state index contributed by atoms with van der Waals surface area (Å²) in [7, 11) is 2.19. The Balaban J connectivity index is 1.55. The summed E-state index contributed by atoms with van der Waals surface area (Å²) in [5.41, 5.74) is -3.01. The first-order chi connectivity index (χ1) is 25.7. The predicted molar refractivity (Wildman–Crippen MR) is 179 cm³/mol. The van der Waals surface area contributed by atoms with Gasteiger partial charge in [0.1, 0.15) is 12.1 Å². The zero-order valence-electron chi connectivity index (χ0n) is 28.8.